The van der Waals surface area contributed by atoms with E-state index in [1.807, 2.05) is 0 Å². The van der Waals surface area contributed by atoms with E-state index in [0.29, 0.717) is 0 Å². The highest BCUT2D eigenvalue weighted by Gasteiger charge is 2.47. The first-order valence-electron chi connectivity index (χ1n) is 4.45. The minimum atomic E-state index is -5.71. The molecule has 0 unspecified atom stereocenters. The van der Waals surface area contributed by atoms with Crippen LogP contribution < -0.4 is 4.74 Å². The Morgan fingerprint density at radius 3 is 1.65 bits per heavy atom. The van der Waals surface area contributed by atoms with Crippen LogP contribution in [0.5, 0.6) is 5.75 Å². The summed E-state index contributed by atoms with van der Waals surface area (Å²) in [5, 5.41) is -0.982. The number of hydrogen-bond donors (Lipinski definition) is 0. The van der Waals surface area contributed by atoms with Crippen LogP contribution in [0.25, 0.3) is 0 Å². The molecule has 0 aromatic heterocycles. The van der Waals surface area contributed by atoms with Crippen molar-refractivity contribution in [2.45, 2.75) is 18.7 Å². The Kier molecular flexibility index (Phi) is 4.10. The third-order valence-electron chi connectivity index (χ3n) is 1.88. The zero-order chi connectivity index (χ0) is 15.9. The van der Waals surface area contributed by atoms with Gasteiger partial charge < -0.3 is 4.74 Å². The van der Waals surface area contributed by atoms with E-state index in [2.05, 4.69) is 4.74 Å². The van der Waals surface area contributed by atoms with Crippen molar-refractivity contribution in [3.63, 3.8) is 0 Å². The molecule has 114 valence electrons. The third kappa shape index (κ3) is 4.09. The van der Waals surface area contributed by atoms with E-state index in [-0.39, 0.29) is 12.1 Å². The van der Waals surface area contributed by atoms with Gasteiger partial charge in [0.05, 0.1) is 5.56 Å². The Labute approximate surface area is 109 Å². The van der Waals surface area contributed by atoms with Crippen molar-refractivity contribution in [3.05, 3.63) is 28.3 Å². The van der Waals surface area contributed by atoms with Gasteiger partial charge in [-0.15, -0.1) is 13.2 Å². The Balaban J connectivity index is 3.62. The lowest BCUT2D eigenvalue weighted by Crippen LogP contribution is -2.23. The lowest BCUT2D eigenvalue weighted by atomic mass is 10.1. The summed E-state index contributed by atoms with van der Waals surface area (Å²) in [4.78, 5) is 0. The molecule has 1 rings (SSSR count). The van der Waals surface area contributed by atoms with Crippen LogP contribution in [0.2, 0.25) is 5.02 Å². The Morgan fingerprint density at radius 1 is 0.800 bits per heavy atom. The second kappa shape index (κ2) is 4.90. The molecule has 0 spiro atoms. The number of hydrogen-bond acceptors (Lipinski definition) is 1. The molecule has 0 aliphatic heterocycles. The molecule has 11 heteroatoms. The number of halogens is 10. The molecule has 0 fully saturated rings. The first-order chi connectivity index (χ1) is 8.72. The van der Waals surface area contributed by atoms with Gasteiger partial charge >= 0.3 is 18.7 Å². The second-order valence-corrected chi connectivity index (χ2v) is 3.81. The predicted octanol–water partition coefficient (Wildman–Crippen LogP) is 5.28. The molecule has 0 atom stereocenters. The van der Waals surface area contributed by atoms with Crippen molar-refractivity contribution in [2.75, 3.05) is 0 Å². The maximum Gasteiger partial charge on any atom is 0.573 e. The lowest BCUT2D eigenvalue weighted by molar-refractivity contribution is -0.276. The predicted molar refractivity (Wildman–Crippen MR) is 48.1 cm³/mol. The molecule has 0 N–H and O–H groups in total. The van der Waals surface area contributed by atoms with Gasteiger partial charge in [0.15, 0.2) is 0 Å². The minimum Gasteiger partial charge on any atom is -0.405 e. The van der Waals surface area contributed by atoms with Crippen LogP contribution in [0.3, 0.4) is 0 Å². The average Bonchev–Trinajstić information content (AvgIpc) is 2.09. The molecule has 0 saturated carbocycles. The Hall–Kier alpha value is -1.32. The minimum absolute atomic E-state index is 0.00705. The van der Waals surface area contributed by atoms with Crippen LogP contribution in [0, 0.1) is 0 Å². The van der Waals surface area contributed by atoms with Crippen molar-refractivity contribution in [1.29, 1.82) is 0 Å². The van der Waals surface area contributed by atoms with E-state index >= 15 is 0 Å². The summed E-state index contributed by atoms with van der Waals surface area (Å²) in [5.74, 6) is -2.06. The fourth-order valence-electron chi connectivity index (χ4n) is 1.30. The SMILES string of the molecule is FC(F)(F)Oc1cc(Cl)cc(C(F)(F)F)c1C(F)(F)F. The second-order valence-electron chi connectivity index (χ2n) is 3.37. The molecule has 0 aliphatic rings. The van der Waals surface area contributed by atoms with Gasteiger partial charge in [-0.1, -0.05) is 11.6 Å². The highest BCUT2D eigenvalue weighted by Crippen LogP contribution is 2.47. The van der Waals surface area contributed by atoms with Gasteiger partial charge in [-0.3, -0.25) is 0 Å². The van der Waals surface area contributed by atoms with Gasteiger partial charge in [0, 0.05) is 5.02 Å². The quantitative estimate of drug-likeness (QED) is 0.636. The van der Waals surface area contributed by atoms with E-state index in [0.717, 1.165) is 0 Å². The molecule has 0 aliphatic carbocycles. The molecule has 1 nitrogen and oxygen atoms in total. The summed E-state index contributed by atoms with van der Waals surface area (Å²) in [5.41, 5.74) is -4.96. The van der Waals surface area contributed by atoms with E-state index in [1.54, 1.807) is 0 Å². The largest absolute Gasteiger partial charge is 0.573 e. The van der Waals surface area contributed by atoms with Gasteiger partial charge in [-0.25, -0.2) is 0 Å². The summed E-state index contributed by atoms with van der Waals surface area (Å²) in [6, 6.07) is -0.124. The van der Waals surface area contributed by atoms with Crippen molar-refractivity contribution < 1.29 is 44.3 Å². The Bertz CT molecular complexity index is 500. The first kappa shape index (κ1) is 16.7. The fourth-order valence-corrected chi connectivity index (χ4v) is 1.51. The number of benzene rings is 1. The van der Waals surface area contributed by atoms with Crippen LogP contribution in [0.4, 0.5) is 39.5 Å². The van der Waals surface area contributed by atoms with Crippen LogP contribution in [-0.2, 0) is 12.4 Å². The maximum atomic E-state index is 12.6. The number of ether oxygens (including phenoxy) is 1. The highest BCUT2D eigenvalue weighted by atomic mass is 35.5. The average molecular weight is 333 g/mol. The number of rotatable bonds is 1. The van der Waals surface area contributed by atoms with Crippen molar-refractivity contribution in [1.82, 2.24) is 0 Å². The zero-order valence-electron chi connectivity index (χ0n) is 8.84. The molecular formula is C9H2ClF9O. The summed E-state index contributed by atoms with van der Waals surface area (Å²) in [6.07, 6.45) is -16.9. The smallest absolute Gasteiger partial charge is 0.405 e. The fraction of sp³-hybridized carbons (Fsp3) is 0.333. The lowest BCUT2D eigenvalue weighted by Gasteiger charge is -2.20. The van der Waals surface area contributed by atoms with Gasteiger partial charge in [0.2, 0.25) is 0 Å². The molecule has 0 bridgehead atoms. The van der Waals surface area contributed by atoms with Crippen LogP contribution in [0.15, 0.2) is 12.1 Å². The van der Waals surface area contributed by atoms with Gasteiger partial charge in [0.25, 0.3) is 0 Å². The summed E-state index contributed by atoms with van der Waals surface area (Å²) in [6.45, 7) is 0. The van der Waals surface area contributed by atoms with Crippen molar-refractivity contribution in [2.24, 2.45) is 0 Å². The monoisotopic (exact) mass is 332 g/mol. The van der Waals surface area contributed by atoms with Crippen LogP contribution in [0.1, 0.15) is 11.1 Å². The summed E-state index contributed by atoms with van der Waals surface area (Å²) in [7, 11) is 0. The van der Waals surface area contributed by atoms with Crippen molar-refractivity contribution in [3.8, 4) is 5.75 Å². The zero-order valence-corrected chi connectivity index (χ0v) is 9.60. The molecule has 1 aromatic rings. The van der Waals surface area contributed by atoms with E-state index in [9.17, 15) is 39.5 Å². The molecular weight excluding hydrogens is 331 g/mol. The first-order valence-corrected chi connectivity index (χ1v) is 4.83. The summed E-state index contributed by atoms with van der Waals surface area (Å²) >= 11 is 5.09. The maximum absolute atomic E-state index is 12.6. The normalized spacial score (nSPS) is 13.5. The molecule has 20 heavy (non-hydrogen) atoms. The van der Waals surface area contributed by atoms with Gasteiger partial charge in [-0.2, -0.15) is 26.3 Å². The van der Waals surface area contributed by atoms with E-state index in [4.69, 9.17) is 11.6 Å². The molecule has 0 amide bonds. The standard InChI is InChI=1S/C9H2ClF9O/c10-3-1-4(7(11,12)13)6(8(14,15)16)5(2-3)20-9(17,18)19/h1-2H. The van der Waals surface area contributed by atoms with E-state index < -0.39 is 40.6 Å². The highest BCUT2D eigenvalue weighted by molar-refractivity contribution is 6.30. The van der Waals surface area contributed by atoms with Gasteiger partial charge in [0.1, 0.15) is 11.3 Å². The molecule has 0 radical (unpaired) electrons. The van der Waals surface area contributed by atoms with Gasteiger partial charge in [-0.05, 0) is 12.1 Å². The van der Waals surface area contributed by atoms with Crippen LogP contribution >= 0.6 is 11.6 Å². The third-order valence-corrected chi connectivity index (χ3v) is 2.10. The Morgan fingerprint density at radius 2 is 1.30 bits per heavy atom. The molecule has 0 heterocycles. The van der Waals surface area contributed by atoms with E-state index in [1.165, 1.54) is 0 Å². The molecule has 0 saturated heterocycles. The topological polar surface area (TPSA) is 9.23 Å². The number of alkyl halides is 9. The van der Waals surface area contributed by atoms with Crippen LogP contribution in [-0.4, -0.2) is 6.36 Å². The molecule has 1 aromatic carbocycles. The summed E-state index contributed by atoms with van der Waals surface area (Å²) < 4.78 is 114. The van der Waals surface area contributed by atoms with Crippen molar-refractivity contribution >= 4 is 11.6 Å².